The number of rotatable bonds is 4. The molecule has 0 fully saturated rings. The number of carboxylic acid groups (broad SMARTS) is 1. The molecule has 0 unspecified atom stereocenters. The van der Waals surface area contributed by atoms with Crippen LogP contribution in [0.4, 0.5) is 21.9 Å². The summed E-state index contributed by atoms with van der Waals surface area (Å²) in [5.41, 5.74) is 8.41. The van der Waals surface area contributed by atoms with Gasteiger partial charge >= 0.3 is 6.09 Å². The van der Waals surface area contributed by atoms with Crippen LogP contribution in [0, 0.1) is 0 Å². The van der Waals surface area contributed by atoms with E-state index in [1.54, 1.807) is 18.2 Å². The van der Waals surface area contributed by atoms with E-state index < -0.39 is 6.09 Å². The van der Waals surface area contributed by atoms with Gasteiger partial charge in [-0.2, -0.15) is 0 Å². The van der Waals surface area contributed by atoms with Gasteiger partial charge in [0, 0.05) is 17.3 Å². The zero-order valence-corrected chi connectivity index (χ0v) is 11.3. The fourth-order valence-corrected chi connectivity index (χ4v) is 1.83. The lowest BCUT2D eigenvalue weighted by molar-refractivity contribution is 0.210. The van der Waals surface area contributed by atoms with Gasteiger partial charge in [0.25, 0.3) is 0 Å². The lowest BCUT2D eigenvalue weighted by atomic mass is 10.2. The lowest BCUT2D eigenvalue weighted by Gasteiger charge is -2.10. The van der Waals surface area contributed by atoms with Gasteiger partial charge in [0.05, 0.1) is 11.4 Å². The summed E-state index contributed by atoms with van der Waals surface area (Å²) in [4.78, 5) is 10.6. The fourth-order valence-electron chi connectivity index (χ4n) is 1.71. The molecule has 0 aliphatic carbocycles. The summed E-state index contributed by atoms with van der Waals surface area (Å²) < 4.78 is 0. The van der Waals surface area contributed by atoms with Gasteiger partial charge in [-0.05, 0) is 35.9 Å². The van der Waals surface area contributed by atoms with Crippen molar-refractivity contribution in [3.05, 3.63) is 53.1 Å². The van der Waals surface area contributed by atoms with Crippen LogP contribution in [0.15, 0.2) is 42.5 Å². The Morgan fingerprint density at radius 3 is 2.50 bits per heavy atom. The molecule has 5 nitrogen and oxygen atoms in total. The Hall–Kier alpha value is -2.40. The first-order chi connectivity index (χ1) is 9.54. The van der Waals surface area contributed by atoms with E-state index in [2.05, 4.69) is 10.6 Å². The molecule has 0 aliphatic heterocycles. The normalized spacial score (nSPS) is 10.1. The van der Waals surface area contributed by atoms with Gasteiger partial charge < -0.3 is 16.2 Å². The maximum Gasteiger partial charge on any atom is 0.409 e. The number of amides is 1. The van der Waals surface area contributed by atoms with Crippen LogP contribution in [0.25, 0.3) is 0 Å². The first-order valence-electron chi connectivity index (χ1n) is 5.92. The zero-order valence-electron chi connectivity index (χ0n) is 10.6. The monoisotopic (exact) mass is 291 g/mol. The van der Waals surface area contributed by atoms with Crippen LogP contribution >= 0.6 is 11.6 Å². The van der Waals surface area contributed by atoms with E-state index in [1.807, 2.05) is 24.3 Å². The molecule has 2 rings (SSSR count). The van der Waals surface area contributed by atoms with Crippen molar-refractivity contribution in [2.75, 3.05) is 16.4 Å². The van der Waals surface area contributed by atoms with E-state index >= 15 is 0 Å². The van der Waals surface area contributed by atoms with E-state index in [9.17, 15) is 4.79 Å². The number of carbonyl (C=O) groups is 1. The first kappa shape index (κ1) is 14.0. The van der Waals surface area contributed by atoms with E-state index in [1.165, 1.54) is 0 Å². The van der Waals surface area contributed by atoms with Crippen LogP contribution in [-0.2, 0) is 6.54 Å². The summed E-state index contributed by atoms with van der Waals surface area (Å²) in [7, 11) is 0. The molecule has 1 amide bonds. The minimum atomic E-state index is -1.14. The third-order valence-electron chi connectivity index (χ3n) is 2.70. The molecule has 0 saturated carbocycles. The highest BCUT2D eigenvalue weighted by Crippen LogP contribution is 2.23. The van der Waals surface area contributed by atoms with E-state index in [0.717, 1.165) is 11.3 Å². The predicted octanol–water partition coefficient (Wildman–Crippen LogP) is 3.62. The molecular weight excluding hydrogens is 278 g/mol. The molecule has 6 heteroatoms. The summed E-state index contributed by atoms with van der Waals surface area (Å²) >= 11 is 5.82. The van der Waals surface area contributed by atoms with Crippen molar-refractivity contribution in [3.8, 4) is 0 Å². The van der Waals surface area contributed by atoms with Crippen molar-refractivity contribution < 1.29 is 9.90 Å². The number of nitrogens with one attached hydrogen (secondary N) is 2. The third kappa shape index (κ3) is 3.80. The van der Waals surface area contributed by atoms with Crippen molar-refractivity contribution in [1.29, 1.82) is 0 Å². The van der Waals surface area contributed by atoms with Crippen molar-refractivity contribution in [1.82, 2.24) is 0 Å². The van der Waals surface area contributed by atoms with Crippen LogP contribution < -0.4 is 16.4 Å². The molecule has 0 atom stereocenters. The van der Waals surface area contributed by atoms with E-state index in [-0.39, 0.29) is 0 Å². The number of nitrogen functional groups attached to an aromatic ring is 1. The Labute approximate surface area is 121 Å². The average Bonchev–Trinajstić information content (AvgIpc) is 2.40. The number of nitrogens with two attached hydrogens (primary N) is 1. The van der Waals surface area contributed by atoms with Crippen LogP contribution in [0.1, 0.15) is 5.56 Å². The maximum atomic E-state index is 10.6. The van der Waals surface area contributed by atoms with Gasteiger partial charge in [0.15, 0.2) is 0 Å². The minimum Gasteiger partial charge on any atom is -0.465 e. The average molecular weight is 292 g/mol. The van der Waals surface area contributed by atoms with Crippen molar-refractivity contribution in [2.24, 2.45) is 0 Å². The highest BCUT2D eigenvalue weighted by Gasteiger charge is 2.03. The number of benzene rings is 2. The van der Waals surface area contributed by atoms with Gasteiger partial charge in [-0.25, -0.2) is 4.79 Å². The van der Waals surface area contributed by atoms with Crippen LogP contribution in [0.2, 0.25) is 5.02 Å². The molecule has 2 aromatic rings. The number of halogens is 1. The van der Waals surface area contributed by atoms with E-state index in [4.69, 9.17) is 22.4 Å². The van der Waals surface area contributed by atoms with Crippen molar-refractivity contribution in [3.63, 3.8) is 0 Å². The van der Waals surface area contributed by atoms with E-state index in [0.29, 0.717) is 22.9 Å². The van der Waals surface area contributed by atoms with Crippen molar-refractivity contribution >= 4 is 34.8 Å². The molecule has 20 heavy (non-hydrogen) atoms. The molecule has 0 aliphatic rings. The lowest BCUT2D eigenvalue weighted by Crippen LogP contribution is -2.09. The zero-order chi connectivity index (χ0) is 14.5. The molecule has 0 bridgehead atoms. The molecular formula is C14H14ClN3O2. The van der Waals surface area contributed by atoms with Crippen LogP contribution in [-0.4, -0.2) is 11.2 Å². The molecule has 0 radical (unpaired) electrons. The summed E-state index contributed by atoms with van der Waals surface area (Å²) in [6.07, 6.45) is -1.14. The number of anilines is 3. The second-order valence-electron chi connectivity index (χ2n) is 4.21. The maximum absolute atomic E-state index is 10.6. The van der Waals surface area contributed by atoms with Crippen LogP contribution in [0.3, 0.4) is 0 Å². The number of hydrogen-bond donors (Lipinski definition) is 4. The van der Waals surface area contributed by atoms with Gasteiger partial charge in [-0.15, -0.1) is 0 Å². The predicted molar refractivity (Wildman–Crippen MR) is 81.3 cm³/mol. The topological polar surface area (TPSA) is 87.4 Å². The van der Waals surface area contributed by atoms with Gasteiger partial charge in [0.1, 0.15) is 0 Å². The largest absolute Gasteiger partial charge is 0.465 e. The molecule has 0 saturated heterocycles. The summed E-state index contributed by atoms with van der Waals surface area (Å²) in [6.45, 7) is 0.627. The Bertz CT molecular complexity index is 614. The molecule has 0 aromatic heterocycles. The van der Waals surface area contributed by atoms with Crippen LogP contribution in [0.5, 0.6) is 0 Å². The molecule has 0 spiro atoms. The van der Waals surface area contributed by atoms with Gasteiger partial charge in [0.2, 0.25) is 0 Å². The number of hydrogen-bond acceptors (Lipinski definition) is 3. The summed E-state index contributed by atoms with van der Waals surface area (Å²) in [5.74, 6) is 0. The second-order valence-corrected chi connectivity index (χ2v) is 4.65. The summed E-state index contributed by atoms with van der Waals surface area (Å²) in [5, 5.41) is 14.8. The first-order valence-corrected chi connectivity index (χ1v) is 6.30. The quantitative estimate of drug-likeness (QED) is 0.648. The molecule has 104 valence electrons. The fraction of sp³-hybridized carbons (Fsp3) is 0.0714. The Kier molecular flexibility index (Phi) is 4.32. The molecule has 2 aromatic carbocycles. The smallest absolute Gasteiger partial charge is 0.409 e. The Morgan fingerprint density at radius 2 is 1.90 bits per heavy atom. The van der Waals surface area contributed by atoms with Crippen molar-refractivity contribution in [2.45, 2.75) is 6.54 Å². The molecule has 5 N–H and O–H groups in total. The van der Waals surface area contributed by atoms with Gasteiger partial charge in [-0.3, -0.25) is 5.32 Å². The highest BCUT2D eigenvalue weighted by molar-refractivity contribution is 6.30. The second kappa shape index (κ2) is 6.16. The third-order valence-corrected chi connectivity index (χ3v) is 2.96. The standard InChI is InChI=1S/C14H14ClN3O2/c15-10-3-1-9(2-4-10)8-17-11-5-6-13(12(16)7-11)18-14(19)20/h1-7,17-18H,8,16H2,(H,19,20). The molecule has 0 heterocycles. The highest BCUT2D eigenvalue weighted by atomic mass is 35.5. The Morgan fingerprint density at radius 1 is 1.20 bits per heavy atom. The summed E-state index contributed by atoms with van der Waals surface area (Å²) in [6, 6.07) is 12.6. The SMILES string of the molecule is Nc1cc(NCc2ccc(Cl)cc2)ccc1NC(=O)O. The minimum absolute atomic E-state index is 0.369. The Balaban J connectivity index is 2.01. The van der Waals surface area contributed by atoms with Gasteiger partial charge in [-0.1, -0.05) is 23.7 Å².